The number of carbonyl (C=O) groups is 2. The highest BCUT2D eigenvalue weighted by molar-refractivity contribution is 9.10. The zero-order valence-electron chi connectivity index (χ0n) is 16.0. The fraction of sp³-hybridized carbons (Fsp3) is 0.300. The van der Waals surface area contributed by atoms with Gasteiger partial charge in [0.25, 0.3) is 10.0 Å². The van der Waals surface area contributed by atoms with E-state index in [0.29, 0.717) is 5.69 Å². The lowest BCUT2D eigenvalue weighted by Crippen LogP contribution is -2.34. The summed E-state index contributed by atoms with van der Waals surface area (Å²) in [5.74, 6) is -1.46. The number of sulfonamides is 1. The molecule has 0 radical (unpaired) electrons. The predicted octanol–water partition coefficient (Wildman–Crippen LogP) is 3.80. The monoisotopic (exact) mass is 467 g/mol. The molecule has 0 fully saturated rings. The first-order valence-electron chi connectivity index (χ1n) is 8.49. The van der Waals surface area contributed by atoms with E-state index in [9.17, 15) is 18.0 Å². The Kier molecular flexibility index (Phi) is 6.67. The first kappa shape index (κ1) is 22.1. The largest absolute Gasteiger partial charge is 0.459 e. The summed E-state index contributed by atoms with van der Waals surface area (Å²) in [6.45, 7) is 5.05. The molecule has 0 saturated carbocycles. The van der Waals surface area contributed by atoms with Crippen LogP contribution in [-0.2, 0) is 19.6 Å². The van der Waals surface area contributed by atoms with E-state index in [4.69, 9.17) is 4.74 Å². The first-order valence-corrected chi connectivity index (χ1v) is 10.8. The van der Waals surface area contributed by atoms with Gasteiger partial charge in [-0.3, -0.25) is 13.9 Å². The van der Waals surface area contributed by atoms with Gasteiger partial charge in [-0.15, -0.1) is 0 Å². The van der Waals surface area contributed by atoms with Crippen molar-refractivity contribution in [2.75, 3.05) is 11.4 Å². The number of hydrogen-bond acceptors (Lipinski definition) is 5. The summed E-state index contributed by atoms with van der Waals surface area (Å²) in [6, 6.07) is 14.3. The van der Waals surface area contributed by atoms with E-state index in [0.717, 1.165) is 4.31 Å². The molecule has 0 spiro atoms. The van der Waals surface area contributed by atoms with Gasteiger partial charge in [0.05, 0.1) is 10.6 Å². The van der Waals surface area contributed by atoms with Crippen LogP contribution in [0.1, 0.15) is 31.1 Å². The number of nitrogens with zero attached hydrogens (tertiary/aromatic N) is 1. The maximum absolute atomic E-state index is 13.1. The van der Waals surface area contributed by atoms with Crippen molar-refractivity contribution >= 4 is 43.4 Å². The number of para-hydroxylation sites is 1. The van der Waals surface area contributed by atoms with Crippen molar-refractivity contribution in [1.29, 1.82) is 0 Å². The highest BCUT2D eigenvalue weighted by Gasteiger charge is 2.34. The Labute approximate surface area is 173 Å². The van der Waals surface area contributed by atoms with Crippen LogP contribution in [0.5, 0.6) is 0 Å². The molecule has 8 heteroatoms. The number of ether oxygens (including phenoxy) is 1. The lowest BCUT2D eigenvalue weighted by Gasteiger charge is -2.23. The van der Waals surface area contributed by atoms with Gasteiger partial charge in [0.2, 0.25) is 0 Å². The number of Topliss-reactive ketones (excluding diaryl/α,β-unsaturated/α-hetero) is 1. The molecule has 0 aliphatic heterocycles. The highest BCUT2D eigenvalue weighted by Crippen LogP contribution is 2.26. The summed E-state index contributed by atoms with van der Waals surface area (Å²) < 4.78 is 32.6. The van der Waals surface area contributed by atoms with Crippen molar-refractivity contribution in [2.24, 2.45) is 0 Å². The average Bonchev–Trinajstić information content (AvgIpc) is 2.65. The van der Waals surface area contributed by atoms with Crippen LogP contribution in [0, 0.1) is 0 Å². The number of esters is 1. The van der Waals surface area contributed by atoms with Crippen molar-refractivity contribution in [1.82, 2.24) is 0 Å². The molecule has 2 aromatic carbocycles. The molecule has 2 aromatic rings. The van der Waals surface area contributed by atoms with Crippen LogP contribution < -0.4 is 4.31 Å². The molecule has 0 bridgehead atoms. The minimum absolute atomic E-state index is 0.0852. The summed E-state index contributed by atoms with van der Waals surface area (Å²) >= 11 is 3.05. The van der Waals surface area contributed by atoms with E-state index < -0.39 is 32.2 Å². The molecule has 1 unspecified atom stereocenters. The maximum atomic E-state index is 13.1. The van der Waals surface area contributed by atoms with Crippen molar-refractivity contribution < 1.29 is 22.7 Å². The molecule has 0 aliphatic carbocycles. The smallest absolute Gasteiger partial charge is 0.328 e. The van der Waals surface area contributed by atoms with E-state index in [1.165, 1.54) is 25.2 Å². The standard InChI is InChI=1S/C20H22BrNO5S/c1-20(2,3)27-19(24)17(21)18(23)15-12-8-9-13-16(15)28(25,26)22(4)14-10-6-5-7-11-14/h5-13,17H,1-4H3. The Hall–Kier alpha value is -2.19. The Morgan fingerprint density at radius 2 is 1.54 bits per heavy atom. The van der Waals surface area contributed by atoms with E-state index in [2.05, 4.69) is 15.9 Å². The number of alkyl halides is 1. The number of halogens is 1. The molecule has 0 N–H and O–H groups in total. The van der Waals surface area contributed by atoms with Gasteiger partial charge < -0.3 is 4.74 Å². The van der Waals surface area contributed by atoms with Crippen LogP contribution in [0.3, 0.4) is 0 Å². The minimum atomic E-state index is -4.02. The first-order chi connectivity index (χ1) is 12.9. The van der Waals surface area contributed by atoms with Crippen molar-refractivity contribution in [3.05, 3.63) is 60.2 Å². The lowest BCUT2D eigenvalue weighted by molar-refractivity contribution is -0.152. The number of benzene rings is 2. The normalized spacial score (nSPS) is 12.9. The summed E-state index contributed by atoms with van der Waals surface area (Å²) in [5, 5.41) is 0. The van der Waals surface area contributed by atoms with Crippen LogP contribution in [0.25, 0.3) is 0 Å². The molecular formula is C20H22BrNO5S. The minimum Gasteiger partial charge on any atom is -0.459 e. The quantitative estimate of drug-likeness (QED) is 0.279. The Morgan fingerprint density at radius 1 is 1.00 bits per heavy atom. The third-order valence-electron chi connectivity index (χ3n) is 3.75. The van der Waals surface area contributed by atoms with Crippen molar-refractivity contribution in [2.45, 2.75) is 36.1 Å². The van der Waals surface area contributed by atoms with E-state index in [-0.39, 0.29) is 10.5 Å². The van der Waals surface area contributed by atoms with Crippen LogP contribution >= 0.6 is 15.9 Å². The molecule has 0 saturated heterocycles. The van der Waals surface area contributed by atoms with Crippen LogP contribution in [0.2, 0.25) is 0 Å². The second-order valence-electron chi connectivity index (χ2n) is 7.06. The average molecular weight is 468 g/mol. The molecule has 150 valence electrons. The predicted molar refractivity (Wildman–Crippen MR) is 111 cm³/mol. The topological polar surface area (TPSA) is 80.8 Å². The number of hydrogen-bond donors (Lipinski definition) is 0. The van der Waals surface area contributed by atoms with Crippen LogP contribution in [0.4, 0.5) is 5.69 Å². The molecule has 6 nitrogen and oxygen atoms in total. The lowest BCUT2D eigenvalue weighted by atomic mass is 10.1. The summed E-state index contributed by atoms with van der Waals surface area (Å²) in [7, 11) is -2.61. The number of ketones is 1. The highest BCUT2D eigenvalue weighted by atomic mass is 79.9. The molecule has 1 atom stereocenters. The summed E-state index contributed by atoms with van der Waals surface area (Å²) in [5.41, 5.74) is -0.409. The number of anilines is 1. The Morgan fingerprint density at radius 3 is 2.11 bits per heavy atom. The molecule has 0 heterocycles. The zero-order valence-corrected chi connectivity index (χ0v) is 18.5. The molecule has 0 amide bonds. The Balaban J connectivity index is 2.42. The SMILES string of the molecule is CN(c1ccccc1)S(=O)(=O)c1ccccc1C(=O)C(Br)C(=O)OC(C)(C)C. The van der Waals surface area contributed by atoms with Crippen molar-refractivity contribution in [3.8, 4) is 0 Å². The molecule has 28 heavy (non-hydrogen) atoms. The van der Waals surface area contributed by atoms with E-state index >= 15 is 0 Å². The second-order valence-corrected chi connectivity index (χ2v) is 9.92. The van der Waals surface area contributed by atoms with Crippen molar-refractivity contribution in [3.63, 3.8) is 0 Å². The van der Waals surface area contributed by atoms with E-state index in [1.807, 2.05) is 0 Å². The van der Waals surface area contributed by atoms with Gasteiger partial charge in [0.15, 0.2) is 10.6 Å². The maximum Gasteiger partial charge on any atom is 0.328 e. The third-order valence-corrected chi connectivity index (χ3v) is 6.39. The molecule has 2 rings (SSSR count). The zero-order chi connectivity index (χ0) is 21.1. The fourth-order valence-electron chi connectivity index (χ4n) is 2.42. The third kappa shape index (κ3) is 4.99. The van der Waals surface area contributed by atoms with Gasteiger partial charge in [0.1, 0.15) is 5.60 Å². The van der Waals surface area contributed by atoms with Gasteiger partial charge in [-0.25, -0.2) is 8.42 Å². The van der Waals surface area contributed by atoms with E-state index in [1.54, 1.807) is 57.2 Å². The number of carbonyl (C=O) groups excluding carboxylic acids is 2. The summed E-state index contributed by atoms with van der Waals surface area (Å²) in [6.07, 6.45) is 0. The molecular weight excluding hydrogens is 446 g/mol. The second kappa shape index (κ2) is 8.45. The van der Waals surface area contributed by atoms with Gasteiger partial charge >= 0.3 is 5.97 Å². The molecule has 0 aliphatic rings. The molecule has 0 aromatic heterocycles. The van der Waals surface area contributed by atoms with Gasteiger partial charge in [-0.1, -0.05) is 46.3 Å². The van der Waals surface area contributed by atoms with Crippen LogP contribution in [0.15, 0.2) is 59.5 Å². The number of rotatable bonds is 6. The fourth-order valence-corrected chi connectivity index (χ4v) is 4.15. The Bertz CT molecular complexity index is 968. The van der Waals surface area contributed by atoms with Gasteiger partial charge in [-0.2, -0.15) is 0 Å². The van der Waals surface area contributed by atoms with Gasteiger partial charge in [0, 0.05) is 12.6 Å². The summed E-state index contributed by atoms with van der Waals surface area (Å²) in [4.78, 5) is 23.6. The van der Waals surface area contributed by atoms with Crippen LogP contribution in [-0.4, -0.2) is 37.6 Å². The van der Waals surface area contributed by atoms with Gasteiger partial charge in [-0.05, 0) is 45.0 Å².